The highest BCUT2D eigenvalue weighted by Gasteiger charge is 2.24. The minimum absolute atomic E-state index is 0.268. The molecule has 0 aliphatic heterocycles. The molecule has 1 heterocycles. The third-order valence-electron chi connectivity index (χ3n) is 3.81. The highest BCUT2D eigenvalue weighted by molar-refractivity contribution is 5.92. The van der Waals surface area contributed by atoms with Crippen LogP contribution in [-0.4, -0.2) is 29.3 Å². The first-order chi connectivity index (χ1) is 9.26. The fraction of sp³-hybridized carbons (Fsp3) is 0.400. The first kappa shape index (κ1) is 12.2. The summed E-state index contributed by atoms with van der Waals surface area (Å²) in [6.45, 7) is 0. The summed E-state index contributed by atoms with van der Waals surface area (Å²) >= 11 is 0. The number of hydrogen-bond donors (Lipinski definition) is 2. The molecule has 2 unspecified atom stereocenters. The molecule has 0 amide bonds. The molecule has 0 radical (unpaired) electrons. The van der Waals surface area contributed by atoms with Gasteiger partial charge >= 0.3 is 0 Å². The lowest BCUT2D eigenvalue weighted by Gasteiger charge is -2.15. The summed E-state index contributed by atoms with van der Waals surface area (Å²) in [5.74, 6) is 1.11. The van der Waals surface area contributed by atoms with Gasteiger partial charge < -0.3 is 15.2 Å². The van der Waals surface area contributed by atoms with Crippen LogP contribution >= 0.6 is 0 Å². The van der Waals surface area contributed by atoms with Gasteiger partial charge in [-0.15, -0.1) is 0 Å². The van der Waals surface area contributed by atoms with Crippen LogP contribution in [0.3, 0.4) is 0 Å². The van der Waals surface area contributed by atoms with Gasteiger partial charge in [-0.05, 0) is 42.8 Å². The predicted molar refractivity (Wildman–Crippen MR) is 75.5 cm³/mol. The normalized spacial score (nSPS) is 22.8. The number of aromatic nitrogens is 1. The maximum absolute atomic E-state index is 9.62. The number of pyridine rings is 1. The number of hydrogen-bond acceptors (Lipinski definition) is 4. The van der Waals surface area contributed by atoms with Crippen LogP contribution in [0.15, 0.2) is 30.5 Å². The first-order valence-corrected chi connectivity index (χ1v) is 6.63. The zero-order valence-corrected chi connectivity index (χ0v) is 11.0. The molecular formula is C15H18N2O2. The van der Waals surface area contributed by atoms with Crippen molar-refractivity contribution >= 4 is 16.6 Å². The summed E-state index contributed by atoms with van der Waals surface area (Å²) in [4.78, 5) is 4.40. The average Bonchev–Trinajstić information content (AvgIpc) is 2.87. The summed E-state index contributed by atoms with van der Waals surface area (Å²) in [5.41, 5.74) is 0. The van der Waals surface area contributed by atoms with Gasteiger partial charge in [0.05, 0.1) is 6.10 Å². The number of methoxy groups -OCH3 is 1. The number of nitrogens with zero attached hydrogens (tertiary/aromatic N) is 1. The Bertz CT molecular complexity index is 585. The van der Waals surface area contributed by atoms with Crippen molar-refractivity contribution in [1.82, 2.24) is 4.98 Å². The van der Waals surface area contributed by atoms with Gasteiger partial charge in [0.15, 0.2) is 0 Å². The van der Waals surface area contributed by atoms with Crippen LogP contribution in [0.1, 0.15) is 19.3 Å². The molecule has 4 nitrogen and oxygen atoms in total. The smallest absolute Gasteiger partial charge is 0.134 e. The van der Waals surface area contributed by atoms with Crippen LogP contribution in [0.4, 0.5) is 5.82 Å². The molecule has 1 aromatic carbocycles. The molecule has 0 bridgehead atoms. The van der Waals surface area contributed by atoms with E-state index in [0.29, 0.717) is 12.1 Å². The molecule has 0 spiro atoms. The van der Waals surface area contributed by atoms with Crippen LogP contribution in [0, 0.1) is 0 Å². The minimum atomic E-state index is 0.268. The van der Waals surface area contributed by atoms with Gasteiger partial charge in [-0.25, -0.2) is 4.98 Å². The van der Waals surface area contributed by atoms with Crippen LogP contribution < -0.4 is 5.32 Å². The maximum Gasteiger partial charge on any atom is 0.134 e. The van der Waals surface area contributed by atoms with Crippen LogP contribution in [-0.2, 0) is 4.74 Å². The highest BCUT2D eigenvalue weighted by Crippen LogP contribution is 2.29. The van der Waals surface area contributed by atoms with E-state index < -0.39 is 0 Å². The SMILES string of the molecule is COC1CCC(Nc2nccc3ccc(O)cc23)C1. The molecule has 1 aliphatic carbocycles. The Balaban J connectivity index is 1.86. The molecule has 2 N–H and O–H groups in total. The Labute approximate surface area is 112 Å². The largest absolute Gasteiger partial charge is 0.508 e. The van der Waals surface area contributed by atoms with Crippen molar-refractivity contribution in [2.24, 2.45) is 0 Å². The van der Waals surface area contributed by atoms with Crippen molar-refractivity contribution in [2.75, 3.05) is 12.4 Å². The summed E-state index contributed by atoms with van der Waals surface area (Å²) < 4.78 is 5.39. The molecule has 1 aromatic heterocycles. The van der Waals surface area contributed by atoms with Crippen molar-refractivity contribution in [3.05, 3.63) is 30.5 Å². The lowest BCUT2D eigenvalue weighted by molar-refractivity contribution is 0.108. The number of rotatable bonds is 3. The number of anilines is 1. The van der Waals surface area contributed by atoms with Gasteiger partial charge in [-0.3, -0.25) is 0 Å². The maximum atomic E-state index is 9.62. The number of ether oxygens (including phenoxy) is 1. The average molecular weight is 258 g/mol. The van der Waals surface area contributed by atoms with E-state index in [0.717, 1.165) is 35.9 Å². The van der Waals surface area contributed by atoms with E-state index in [2.05, 4.69) is 10.3 Å². The lowest BCUT2D eigenvalue weighted by atomic mass is 10.1. The van der Waals surface area contributed by atoms with Crippen molar-refractivity contribution < 1.29 is 9.84 Å². The fourth-order valence-electron chi connectivity index (χ4n) is 2.75. The Morgan fingerprint density at radius 3 is 3.00 bits per heavy atom. The molecule has 1 fully saturated rings. The quantitative estimate of drug-likeness (QED) is 0.888. The van der Waals surface area contributed by atoms with E-state index in [1.54, 1.807) is 25.4 Å². The number of phenolic OH excluding ortho intramolecular Hbond substituents is 1. The number of fused-ring (bicyclic) bond motifs is 1. The Morgan fingerprint density at radius 1 is 1.32 bits per heavy atom. The second kappa shape index (κ2) is 5.05. The molecular weight excluding hydrogens is 240 g/mol. The molecule has 1 aliphatic rings. The van der Waals surface area contributed by atoms with Crippen molar-refractivity contribution in [3.8, 4) is 5.75 Å². The van der Waals surface area contributed by atoms with Crippen molar-refractivity contribution in [1.29, 1.82) is 0 Å². The number of nitrogens with one attached hydrogen (secondary N) is 1. The molecule has 4 heteroatoms. The summed E-state index contributed by atoms with van der Waals surface area (Å²) in [6, 6.07) is 7.71. The third kappa shape index (κ3) is 2.49. The van der Waals surface area contributed by atoms with E-state index in [9.17, 15) is 5.11 Å². The molecule has 1 saturated carbocycles. The summed E-state index contributed by atoms with van der Waals surface area (Å²) in [7, 11) is 1.77. The number of aromatic hydroxyl groups is 1. The molecule has 0 saturated heterocycles. The van der Waals surface area contributed by atoms with E-state index in [1.807, 2.05) is 12.1 Å². The monoisotopic (exact) mass is 258 g/mol. The predicted octanol–water partition coefficient (Wildman–Crippen LogP) is 2.92. The summed E-state index contributed by atoms with van der Waals surface area (Å²) in [5, 5.41) is 15.1. The zero-order chi connectivity index (χ0) is 13.2. The topological polar surface area (TPSA) is 54.4 Å². The molecule has 19 heavy (non-hydrogen) atoms. The van der Waals surface area contributed by atoms with E-state index in [4.69, 9.17) is 4.74 Å². The molecule has 2 aromatic rings. The second-order valence-corrected chi connectivity index (χ2v) is 5.08. The second-order valence-electron chi connectivity index (χ2n) is 5.08. The Hall–Kier alpha value is -1.81. The van der Waals surface area contributed by atoms with Gasteiger partial charge in [-0.1, -0.05) is 6.07 Å². The first-order valence-electron chi connectivity index (χ1n) is 6.63. The molecule has 100 valence electrons. The fourth-order valence-corrected chi connectivity index (χ4v) is 2.75. The standard InChI is InChI=1S/C15H18N2O2/c1-19-13-5-3-11(8-13)17-15-14-9-12(18)4-2-10(14)6-7-16-15/h2,4,6-7,9,11,13,18H,3,5,8H2,1H3,(H,16,17). The van der Waals surface area contributed by atoms with Gasteiger partial charge in [0.2, 0.25) is 0 Å². The number of phenols is 1. The zero-order valence-electron chi connectivity index (χ0n) is 11.0. The van der Waals surface area contributed by atoms with Crippen molar-refractivity contribution in [3.63, 3.8) is 0 Å². The molecule has 3 rings (SSSR count). The minimum Gasteiger partial charge on any atom is -0.508 e. The van der Waals surface area contributed by atoms with Crippen LogP contribution in [0.25, 0.3) is 10.8 Å². The van der Waals surface area contributed by atoms with E-state index in [1.165, 1.54) is 0 Å². The summed E-state index contributed by atoms with van der Waals surface area (Å²) in [6.07, 6.45) is 5.33. The van der Waals surface area contributed by atoms with Gasteiger partial charge in [0.1, 0.15) is 11.6 Å². The Kier molecular flexibility index (Phi) is 3.25. The third-order valence-corrected chi connectivity index (χ3v) is 3.81. The highest BCUT2D eigenvalue weighted by atomic mass is 16.5. The van der Waals surface area contributed by atoms with Crippen LogP contribution in [0.5, 0.6) is 5.75 Å². The van der Waals surface area contributed by atoms with E-state index >= 15 is 0 Å². The van der Waals surface area contributed by atoms with Gasteiger partial charge in [-0.2, -0.15) is 0 Å². The van der Waals surface area contributed by atoms with Gasteiger partial charge in [0.25, 0.3) is 0 Å². The van der Waals surface area contributed by atoms with E-state index in [-0.39, 0.29) is 5.75 Å². The van der Waals surface area contributed by atoms with Gasteiger partial charge in [0, 0.05) is 24.7 Å². The molecule has 2 atom stereocenters. The number of benzene rings is 1. The lowest BCUT2D eigenvalue weighted by Crippen LogP contribution is -2.18. The van der Waals surface area contributed by atoms with Crippen LogP contribution in [0.2, 0.25) is 0 Å². The Morgan fingerprint density at radius 2 is 2.21 bits per heavy atom. The van der Waals surface area contributed by atoms with Crippen molar-refractivity contribution in [2.45, 2.75) is 31.4 Å².